The molecular weight excluding hydrogens is 465 g/mol. The van der Waals surface area contributed by atoms with Gasteiger partial charge >= 0.3 is 6.18 Å². The summed E-state index contributed by atoms with van der Waals surface area (Å²) in [7, 11) is 0. The van der Waals surface area contributed by atoms with E-state index in [-0.39, 0.29) is 42.8 Å². The third-order valence-electron chi connectivity index (χ3n) is 5.56. The van der Waals surface area contributed by atoms with Gasteiger partial charge in [-0.15, -0.1) is 0 Å². The van der Waals surface area contributed by atoms with Crippen LogP contribution in [0.15, 0.2) is 42.6 Å². The van der Waals surface area contributed by atoms with Crippen LogP contribution in [0.1, 0.15) is 22.5 Å². The number of hydrogen-bond acceptors (Lipinski definition) is 6. The van der Waals surface area contributed by atoms with Gasteiger partial charge < -0.3 is 23.8 Å². The second kappa shape index (κ2) is 9.84. The summed E-state index contributed by atoms with van der Waals surface area (Å²) < 4.78 is 57.8. The molecule has 2 saturated heterocycles. The third-order valence-corrected chi connectivity index (χ3v) is 5.86. The van der Waals surface area contributed by atoms with Crippen LogP contribution in [0.25, 0.3) is 0 Å². The van der Waals surface area contributed by atoms with E-state index in [2.05, 4.69) is 9.72 Å². The van der Waals surface area contributed by atoms with Gasteiger partial charge in [0, 0.05) is 24.7 Å². The van der Waals surface area contributed by atoms with Crippen molar-refractivity contribution in [2.75, 3.05) is 39.7 Å². The predicted molar refractivity (Wildman–Crippen MR) is 111 cm³/mol. The van der Waals surface area contributed by atoms with Crippen LogP contribution in [-0.2, 0) is 19.8 Å². The second-order valence-electron chi connectivity index (χ2n) is 7.68. The smallest absolute Gasteiger partial charge is 0.411 e. The molecule has 2 atom stereocenters. The lowest BCUT2D eigenvalue weighted by Gasteiger charge is -2.41. The number of carbonyl (C=O) groups excluding carboxylic acids is 1. The van der Waals surface area contributed by atoms with Gasteiger partial charge in [0.2, 0.25) is 0 Å². The molecule has 1 aromatic heterocycles. The van der Waals surface area contributed by atoms with Crippen molar-refractivity contribution < 1.29 is 36.9 Å². The van der Waals surface area contributed by atoms with Crippen LogP contribution in [0, 0.1) is 0 Å². The molecule has 7 nitrogen and oxygen atoms in total. The summed E-state index contributed by atoms with van der Waals surface area (Å²) in [5.74, 6) is 0.0336. The van der Waals surface area contributed by atoms with E-state index in [0.717, 1.165) is 5.69 Å². The Morgan fingerprint density at radius 1 is 1.27 bits per heavy atom. The molecule has 0 bridgehead atoms. The van der Waals surface area contributed by atoms with E-state index in [4.69, 9.17) is 25.8 Å². The zero-order chi connectivity index (χ0) is 23.5. The first-order chi connectivity index (χ1) is 15.8. The molecule has 3 heterocycles. The summed E-state index contributed by atoms with van der Waals surface area (Å²) in [6.07, 6.45) is -2.50. The normalized spacial score (nSPS) is 22.8. The highest BCUT2D eigenvalue weighted by atomic mass is 35.5. The van der Waals surface area contributed by atoms with Gasteiger partial charge in [0.15, 0.2) is 0 Å². The van der Waals surface area contributed by atoms with Crippen LogP contribution < -0.4 is 4.74 Å². The molecule has 4 rings (SSSR count). The maximum atomic E-state index is 13.1. The van der Waals surface area contributed by atoms with E-state index in [1.165, 1.54) is 12.1 Å². The number of amides is 1. The standard InChI is InChI=1S/C22H22ClF3N2O5/c23-16-11-15(4-5-17(16)31-10-9-30-13-22(24,25)26)20(29)28-8-6-21(18-3-1-2-7-27-18)19(12-28)32-14-33-21/h1-5,7,11,19H,6,8-10,12-14H2/t19?,21-/m1/s1. The molecule has 0 saturated carbocycles. The first-order valence-electron chi connectivity index (χ1n) is 10.3. The van der Waals surface area contributed by atoms with Crippen molar-refractivity contribution in [3.63, 3.8) is 0 Å². The number of aromatic nitrogens is 1. The minimum atomic E-state index is -4.39. The number of rotatable bonds is 7. The van der Waals surface area contributed by atoms with Crippen LogP contribution in [-0.4, -0.2) is 67.8 Å². The highest BCUT2D eigenvalue weighted by molar-refractivity contribution is 6.32. The van der Waals surface area contributed by atoms with Crippen molar-refractivity contribution in [3.05, 3.63) is 58.9 Å². The Hall–Kier alpha value is -2.40. The summed E-state index contributed by atoms with van der Waals surface area (Å²) in [6, 6.07) is 10.2. The monoisotopic (exact) mass is 486 g/mol. The quantitative estimate of drug-likeness (QED) is 0.554. The molecular formula is C22H22ClF3N2O5. The first kappa shape index (κ1) is 23.7. The van der Waals surface area contributed by atoms with Crippen LogP contribution in [0.3, 0.4) is 0 Å². The predicted octanol–water partition coefficient (Wildman–Crippen LogP) is 3.81. The number of halogens is 4. The van der Waals surface area contributed by atoms with E-state index in [9.17, 15) is 18.0 Å². The Bertz CT molecular complexity index is 978. The maximum absolute atomic E-state index is 13.1. The van der Waals surface area contributed by atoms with Crippen molar-refractivity contribution >= 4 is 17.5 Å². The van der Waals surface area contributed by atoms with E-state index in [1.54, 1.807) is 17.2 Å². The minimum Gasteiger partial charge on any atom is -0.490 e. The number of benzene rings is 1. The zero-order valence-corrected chi connectivity index (χ0v) is 18.3. The summed E-state index contributed by atoms with van der Waals surface area (Å²) in [4.78, 5) is 19.2. The molecule has 2 aliphatic rings. The molecule has 2 fully saturated rings. The molecule has 1 unspecified atom stereocenters. The van der Waals surface area contributed by atoms with Crippen LogP contribution >= 0.6 is 11.6 Å². The molecule has 0 spiro atoms. The minimum absolute atomic E-state index is 0.107. The van der Waals surface area contributed by atoms with Crippen molar-refractivity contribution in [1.82, 2.24) is 9.88 Å². The van der Waals surface area contributed by atoms with Crippen LogP contribution in [0.5, 0.6) is 5.75 Å². The molecule has 178 valence electrons. The van der Waals surface area contributed by atoms with E-state index in [1.807, 2.05) is 18.2 Å². The number of hydrogen-bond donors (Lipinski definition) is 0. The van der Waals surface area contributed by atoms with E-state index >= 15 is 0 Å². The summed E-state index contributed by atoms with van der Waals surface area (Å²) in [5.41, 5.74) is 0.468. The van der Waals surface area contributed by atoms with Gasteiger partial charge in [-0.3, -0.25) is 9.78 Å². The lowest BCUT2D eigenvalue weighted by Crippen LogP contribution is -2.53. The van der Waals surface area contributed by atoms with Gasteiger partial charge in [-0.1, -0.05) is 17.7 Å². The Labute approximate surface area is 193 Å². The average molecular weight is 487 g/mol. The number of nitrogens with zero attached hydrogens (tertiary/aromatic N) is 2. The molecule has 2 aliphatic heterocycles. The third kappa shape index (κ3) is 5.40. The molecule has 0 radical (unpaired) electrons. The van der Waals surface area contributed by atoms with Crippen molar-refractivity contribution in [3.8, 4) is 5.75 Å². The molecule has 1 amide bonds. The SMILES string of the molecule is O=C(c1ccc(OCCOCC(F)(F)F)c(Cl)c1)N1CC[C@]2(c3ccccn3)OCOC2C1. The number of pyridine rings is 1. The average Bonchev–Trinajstić information content (AvgIpc) is 3.23. The molecule has 33 heavy (non-hydrogen) atoms. The van der Waals surface area contributed by atoms with Gasteiger partial charge in [-0.2, -0.15) is 13.2 Å². The second-order valence-corrected chi connectivity index (χ2v) is 8.09. The molecule has 0 N–H and O–H groups in total. The number of likely N-dealkylation sites (tertiary alicyclic amines) is 1. The zero-order valence-electron chi connectivity index (χ0n) is 17.5. The van der Waals surface area contributed by atoms with Crippen LogP contribution in [0.4, 0.5) is 13.2 Å². The fraction of sp³-hybridized carbons (Fsp3) is 0.455. The fourth-order valence-corrected chi connectivity index (χ4v) is 4.21. The Morgan fingerprint density at radius 2 is 2.12 bits per heavy atom. The lowest BCUT2D eigenvalue weighted by molar-refractivity contribution is -0.175. The van der Waals surface area contributed by atoms with Gasteiger partial charge in [-0.05, 0) is 30.3 Å². The fourth-order valence-electron chi connectivity index (χ4n) is 3.97. The van der Waals surface area contributed by atoms with Gasteiger partial charge in [-0.25, -0.2) is 0 Å². The van der Waals surface area contributed by atoms with E-state index in [0.29, 0.717) is 25.1 Å². The summed E-state index contributed by atoms with van der Waals surface area (Å²) >= 11 is 6.22. The Balaban J connectivity index is 1.36. The number of fused-ring (bicyclic) bond motifs is 1. The Kier molecular flexibility index (Phi) is 7.08. The van der Waals surface area contributed by atoms with E-state index < -0.39 is 18.4 Å². The number of ether oxygens (including phenoxy) is 4. The van der Waals surface area contributed by atoms with Crippen LogP contribution in [0.2, 0.25) is 5.02 Å². The molecule has 0 aliphatic carbocycles. The van der Waals surface area contributed by atoms with Gasteiger partial charge in [0.25, 0.3) is 5.91 Å². The highest BCUT2D eigenvalue weighted by Gasteiger charge is 2.52. The van der Waals surface area contributed by atoms with Gasteiger partial charge in [0.05, 0.1) is 23.9 Å². The topological polar surface area (TPSA) is 70.1 Å². The number of piperidine rings is 1. The number of alkyl halides is 3. The maximum Gasteiger partial charge on any atom is 0.411 e. The van der Waals surface area contributed by atoms with Crippen molar-refractivity contribution in [2.45, 2.75) is 24.3 Å². The summed E-state index contributed by atoms with van der Waals surface area (Å²) in [6.45, 7) is -0.780. The number of carbonyl (C=O) groups is 1. The Morgan fingerprint density at radius 3 is 2.85 bits per heavy atom. The molecule has 11 heteroatoms. The van der Waals surface area contributed by atoms with Crippen molar-refractivity contribution in [1.29, 1.82) is 0 Å². The molecule has 1 aromatic carbocycles. The lowest BCUT2D eigenvalue weighted by atomic mass is 9.85. The largest absolute Gasteiger partial charge is 0.490 e. The van der Waals surface area contributed by atoms with Crippen molar-refractivity contribution in [2.24, 2.45) is 0 Å². The first-order valence-corrected chi connectivity index (χ1v) is 10.7. The highest BCUT2D eigenvalue weighted by Crippen LogP contribution is 2.41. The van der Waals surface area contributed by atoms with Gasteiger partial charge in [0.1, 0.15) is 37.5 Å². The summed E-state index contributed by atoms with van der Waals surface area (Å²) in [5, 5.41) is 0.178. The molecule has 2 aromatic rings.